The molecule has 1 unspecified atom stereocenters. The van der Waals surface area contributed by atoms with E-state index in [-0.39, 0.29) is 6.04 Å². The van der Waals surface area contributed by atoms with Gasteiger partial charge in [0.25, 0.3) is 0 Å². The summed E-state index contributed by atoms with van der Waals surface area (Å²) in [5, 5.41) is 8.62. The molecule has 0 heterocycles. The fourth-order valence-electron chi connectivity index (χ4n) is 1.49. The number of carboxylic acid groups (broad SMARTS) is 1. The number of hydrogen-bond donors (Lipinski definition) is 3. The minimum absolute atomic E-state index is 0.0344. The standard InChI is InChI=1S/C12H15NO2S2/c1-8(13)6-10-7-11(17-16)4-2-9(10)3-5-12(14)15/h2-5,7-8,16H,6,13H2,1H3,(H,14,15). The van der Waals surface area contributed by atoms with Gasteiger partial charge >= 0.3 is 5.97 Å². The number of rotatable bonds is 5. The summed E-state index contributed by atoms with van der Waals surface area (Å²) >= 11 is 4.14. The summed E-state index contributed by atoms with van der Waals surface area (Å²) < 4.78 is 0. The second-order valence-electron chi connectivity index (χ2n) is 3.80. The van der Waals surface area contributed by atoms with Crippen LogP contribution in [0.15, 0.2) is 29.2 Å². The van der Waals surface area contributed by atoms with Gasteiger partial charge < -0.3 is 10.8 Å². The Morgan fingerprint density at radius 2 is 2.35 bits per heavy atom. The Labute approximate surface area is 110 Å². The van der Waals surface area contributed by atoms with Crippen LogP contribution in [0.25, 0.3) is 6.08 Å². The number of benzene rings is 1. The molecular formula is C12H15NO2S2. The van der Waals surface area contributed by atoms with E-state index in [0.717, 1.165) is 22.1 Å². The molecule has 0 aliphatic rings. The van der Waals surface area contributed by atoms with Crippen LogP contribution in [0, 0.1) is 0 Å². The SMILES string of the molecule is CC(N)Cc1cc(SS)ccc1C=CC(=O)O. The molecule has 1 atom stereocenters. The van der Waals surface area contributed by atoms with Gasteiger partial charge in [0, 0.05) is 17.0 Å². The zero-order chi connectivity index (χ0) is 12.8. The van der Waals surface area contributed by atoms with Crippen LogP contribution in [0.5, 0.6) is 0 Å². The van der Waals surface area contributed by atoms with Gasteiger partial charge in [0.1, 0.15) is 0 Å². The summed E-state index contributed by atoms with van der Waals surface area (Å²) in [4.78, 5) is 11.5. The summed E-state index contributed by atoms with van der Waals surface area (Å²) in [5.41, 5.74) is 7.70. The van der Waals surface area contributed by atoms with Crippen LogP contribution in [0.3, 0.4) is 0 Å². The lowest BCUT2D eigenvalue weighted by Gasteiger charge is -2.10. The number of aliphatic carboxylic acids is 1. The van der Waals surface area contributed by atoms with E-state index in [2.05, 4.69) is 11.7 Å². The van der Waals surface area contributed by atoms with Crippen LogP contribution in [-0.4, -0.2) is 17.1 Å². The molecular weight excluding hydrogens is 254 g/mol. The van der Waals surface area contributed by atoms with E-state index in [0.29, 0.717) is 6.42 Å². The van der Waals surface area contributed by atoms with Gasteiger partial charge in [-0.1, -0.05) is 16.9 Å². The van der Waals surface area contributed by atoms with E-state index in [1.165, 1.54) is 10.8 Å². The molecule has 5 heteroatoms. The summed E-state index contributed by atoms with van der Waals surface area (Å²) in [6, 6.07) is 5.81. The normalized spacial score (nSPS) is 12.9. The van der Waals surface area contributed by atoms with Crippen molar-refractivity contribution in [3.8, 4) is 0 Å². The van der Waals surface area contributed by atoms with Gasteiger partial charge in [-0.2, -0.15) is 0 Å². The fourth-order valence-corrected chi connectivity index (χ4v) is 2.15. The third-order valence-corrected chi connectivity index (χ3v) is 3.26. The molecule has 0 aliphatic carbocycles. The minimum atomic E-state index is -0.954. The fraction of sp³-hybridized carbons (Fsp3) is 0.250. The lowest BCUT2D eigenvalue weighted by Crippen LogP contribution is -2.18. The average Bonchev–Trinajstić information content (AvgIpc) is 2.26. The number of carbonyl (C=O) groups is 1. The lowest BCUT2D eigenvalue weighted by molar-refractivity contribution is -0.131. The Hall–Kier alpha value is -0.910. The third kappa shape index (κ3) is 4.85. The molecule has 3 nitrogen and oxygen atoms in total. The summed E-state index contributed by atoms with van der Waals surface area (Å²) in [5.74, 6) is -0.954. The topological polar surface area (TPSA) is 63.3 Å². The van der Waals surface area contributed by atoms with Crippen molar-refractivity contribution >= 4 is 34.5 Å². The van der Waals surface area contributed by atoms with Crippen molar-refractivity contribution in [2.45, 2.75) is 24.3 Å². The van der Waals surface area contributed by atoms with Gasteiger partial charge in [-0.15, -0.1) is 11.7 Å². The van der Waals surface area contributed by atoms with Gasteiger partial charge in [-0.05, 0) is 42.7 Å². The zero-order valence-electron chi connectivity index (χ0n) is 9.46. The van der Waals surface area contributed by atoms with Crippen LogP contribution < -0.4 is 5.73 Å². The summed E-state index contributed by atoms with van der Waals surface area (Å²) in [6.45, 7) is 1.92. The first-order valence-corrected chi connectivity index (χ1v) is 7.00. The van der Waals surface area contributed by atoms with Crippen molar-refractivity contribution in [3.05, 3.63) is 35.4 Å². The summed E-state index contributed by atoms with van der Waals surface area (Å²) in [6.07, 6.45) is 3.43. The monoisotopic (exact) mass is 269 g/mol. The first-order valence-electron chi connectivity index (χ1n) is 5.14. The number of nitrogens with two attached hydrogens (primary N) is 1. The number of carboxylic acids is 1. The molecule has 0 aromatic heterocycles. The summed E-state index contributed by atoms with van der Waals surface area (Å²) in [7, 11) is 1.36. The second kappa shape index (κ2) is 6.74. The quantitative estimate of drug-likeness (QED) is 0.437. The van der Waals surface area contributed by atoms with E-state index >= 15 is 0 Å². The van der Waals surface area contributed by atoms with E-state index in [1.807, 2.05) is 25.1 Å². The Kier molecular flexibility index (Phi) is 5.61. The molecule has 1 aromatic carbocycles. The Bertz CT molecular complexity index is 431. The first kappa shape index (κ1) is 14.2. The van der Waals surface area contributed by atoms with Crippen molar-refractivity contribution in [1.82, 2.24) is 0 Å². The molecule has 1 rings (SSSR count). The highest BCUT2D eigenvalue weighted by atomic mass is 33.1. The molecule has 92 valence electrons. The van der Waals surface area contributed by atoms with E-state index in [9.17, 15) is 4.79 Å². The van der Waals surface area contributed by atoms with Crippen molar-refractivity contribution in [2.24, 2.45) is 5.73 Å². The van der Waals surface area contributed by atoms with Crippen molar-refractivity contribution in [2.75, 3.05) is 0 Å². The molecule has 0 radical (unpaired) electrons. The molecule has 1 aromatic rings. The molecule has 0 fully saturated rings. The Morgan fingerprint density at radius 1 is 1.65 bits per heavy atom. The Morgan fingerprint density at radius 3 is 2.88 bits per heavy atom. The van der Waals surface area contributed by atoms with Crippen molar-refractivity contribution in [1.29, 1.82) is 0 Å². The highest BCUT2D eigenvalue weighted by molar-refractivity contribution is 8.68. The smallest absolute Gasteiger partial charge is 0.328 e. The molecule has 0 aliphatic heterocycles. The zero-order valence-corrected chi connectivity index (χ0v) is 11.2. The van der Waals surface area contributed by atoms with Gasteiger partial charge in [0.15, 0.2) is 0 Å². The van der Waals surface area contributed by atoms with Crippen molar-refractivity contribution < 1.29 is 9.90 Å². The third-order valence-electron chi connectivity index (χ3n) is 2.17. The minimum Gasteiger partial charge on any atom is -0.478 e. The maximum Gasteiger partial charge on any atom is 0.328 e. The van der Waals surface area contributed by atoms with Crippen molar-refractivity contribution in [3.63, 3.8) is 0 Å². The van der Waals surface area contributed by atoms with Gasteiger partial charge in [0.05, 0.1) is 0 Å². The van der Waals surface area contributed by atoms with E-state index in [1.54, 1.807) is 6.08 Å². The largest absolute Gasteiger partial charge is 0.478 e. The molecule has 0 spiro atoms. The van der Waals surface area contributed by atoms with Crippen LogP contribution in [0.1, 0.15) is 18.1 Å². The Balaban J connectivity index is 3.05. The van der Waals surface area contributed by atoms with E-state index in [4.69, 9.17) is 10.8 Å². The second-order valence-corrected chi connectivity index (χ2v) is 5.01. The maximum atomic E-state index is 10.5. The van der Waals surface area contributed by atoms with Crippen LogP contribution in [0.4, 0.5) is 0 Å². The molecule has 0 saturated carbocycles. The average molecular weight is 269 g/mol. The molecule has 0 bridgehead atoms. The predicted molar refractivity (Wildman–Crippen MR) is 75.3 cm³/mol. The van der Waals surface area contributed by atoms with Gasteiger partial charge in [-0.3, -0.25) is 0 Å². The molecule has 3 N–H and O–H groups in total. The molecule has 17 heavy (non-hydrogen) atoms. The highest BCUT2D eigenvalue weighted by Crippen LogP contribution is 2.25. The van der Waals surface area contributed by atoms with Crippen LogP contribution in [-0.2, 0) is 11.2 Å². The number of hydrogen-bond acceptors (Lipinski definition) is 4. The molecule has 0 saturated heterocycles. The predicted octanol–water partition coefficient (Wildman–Crippen LogP) is 2.61. The number of thiol groups is 1. The lowest BCUT2D eigenvalue weighted by atomic mass is 10.0. The van der Waals surface area contributed by atoms with Crippen LogP contribution in [0.2, 0.25) is 0 Å². The van der Waals surface area contributed by atoms with Crippen LogP contribution >= 0.6 is 22.5 Å². The maximum absolute atomic E-state index is 10.5. The van der Waals surface area contributed by atoms with Gasteiger partial charge in [-0.25, -0.2) is 4.79 Å². The highest BCUT2D eigenvalue weighted by Gasteiger charge is 2.05. The van der Waals surface area contributed by atoms with Gasteiger partial charge in [0.2, 0.25) is 0 Å². The van der Waals surface area contributed by atoms with E-state index < -0.39 is 5.97 Å². The first-order chi connectivity index (χ1) is 8.02. The molecule has 0 amide bonds.